The standard InChI is InChI=1S/C11H18N4O.2ClH/c12-10-9-13-2-1-11(10)14-3-4-15-5-7-16-8-6-15;;/h1-2,9H,3-8,12H2,(H,13,14);2*1H. The fourth-order valence-corrected chi connectivity index (χ4v) is 1.74. The topological polar surface area (TPSA) is 63.4 Å². The van der Waals surface area contributed by atoms with Gasteiger partial charge in [0, 0.05) is 32.4 Å². The Kier molecular flexibility index (Phi) is 8.83. The predicted octanol–water partition coefficient (Wildman–Crippen LogP) is 1.25. The molecule has 0 atom stereocenters. The maximum Gasteiger partial charge on any atom is 0.0736 e. The monoisotopic (exact) mass is 294 g/mol. The molecule has 2 rings (SSSR count). The van der Waals surface area contributed by atoms with Crippen molar-refractivity contribution in [2.75, 3.05) is 50.4 Å². The van der Waals surface area contributed by atoms with E-state index < -0.39 is 0 Å². The smallest absolute Gasteiger partial charge is 0.0736 e. The first-order valence-corrected chi connectivity index (χ1v) is 5.60. The van der Waals surface area contributed by atoms with Gasteiger partial charge < -0.3 is 15.8 Å². The van der Waals surface area contributed by atoms with Crippen LogP contribution in [0.4, 0.5) is 11.4 Å². The number of rotatable bonds is 4. The van der Waals surface area contributed by atoms with E-state index in [2.05, 4.69) is 15.2 Å². The minimum absolute atomic E-state index is 0. The molecule has 5 nitrogen and oxygen atoms in total. The van der Waals surface area contributed by atoms with Gasteiger partial charge in [-0.1, -0.05) is 0 Å². The van der Waals surface area contributed by atoms with Gasteiger partial charge in [0.15, 0.2) is 0 Å². The number of nitrogens with two attached hydrogens (primary N) is 1. The molecule has 2 heterocycles. The summed E-state index contributed by atoms with van der Waals surface area (Å²) in [5.74, 6) is 0. The Morgan fingerprint density at radius 2 is 2.06 bits per heavy atom. The summed E-state index contributed by atoms with van der Waals surface area (Å²) in [6.07, 6.45) is 3.41. The average Bonchev–Trinajstić information content (AvgIpc) is 2.33. The highest BCUT2D eigenvalue weighted by Gasteiger charge is 2.09. The quantitative estimate of drug-likeness (QED) is 0.875. The lowest BCUT2D eigenvalue weighted by atomic mass is 10.3. The van der Waals surface area contributed by atoms with Gasteiger partial charge >= 0.3 is 0 Å². The zero-order chi connectivity index (χ0) is 11.2. The van der Waals surface area contributed by atoms with Crippen LogP contribution in [-0.4, -0.2) is 49.3 Å². The molecule has 0 saturated carbocycles. The molecule has 0 amide bonds. The average molecular weight is 295 g/mol. The molecule has 0 aliphatic carbocycles. The van der Waals surface area contributed by atoms with E-state index in [1.807, 2.05) is 6.07 Å². The highest BCUT2D eigenvalue weighted by atomic mass is 35.5. The zero-order valence-electron chi connectivity index (χ0n) is 10.2. The van der Waals surface area contributed by atoms with Crippen LogP contribution >= 0.6 is 24.8 Å². The molecule has 18 heavy (non-hydrogen) atoms. The number of aromatic nitrogens is 1. The number of hydrogen-bond acceptors (Lipinski definition) is 5. The van der Waals surface area contributed by atoms with Crippen molar-refractivity contribution in [3.05, 3.63) is 18.5 Å². The SMILES string of the molecule is Cl.Cl.Nc1cnccc1NCCN1CCOCC1. The lowest BCUT2D eigenvalue weighted by Gasteiger charge is -2.26. The molecule has 1 aromatic rings. The van der Waals surface area contributed by atoms with Crippen LogP contribution in [-0.2, 0) is 4.74 Å². The third kappa shape index (κ3) is 5.27. The molecule has 1 saturated heterocycles. The largest absolute Gasteiger partial charge is 0.396 e. The van der Waals surface area contributed by atoms with Crippen LogP contribution in [0.15, 0.2) is 18.5 Å². The second kappa shape index (κ2) is 9.22. The van der Waals surface area contributed by atoms with Gasteiger partial charge in [0.1, 0.15) is 0 Å². The fraction of sp³-hybridized carbons (Fsp3) is 0.545. The van der Waals surface area contributed by atoms with Gasteiger partial charge in [-0.2, -0.15) is 0 Å². The minimum atomic E-state index is 0. The van der Waals surface area contributed by atoms with Crippen molar-refractivity contribution in [3.8, 4) is 0 Å². The summed E-state index contributed by atoms with van der Waals surface area (Å²) in [5, 5.41) is 3.31. The second-order valence-electron chi connectivity index (χ2n) is 3.84. The Labute approximate surface area is 120 Å². The van der Waals surface area contributed by atoms with Gasteiger partial charge in [-0.25, -0.2) is 0 Å². The van der Waals surface area contributed by atoms with Gasteiger partial charge in [0.2, 0.25) is 0 Å². The van der Waals surface area contributed by atoms with Crippen LogP contribution in [0.25, 0.3) is 0 Å². The summed E-state index contributed by atoms with van der Waals surface area (Å²) in [7, 11) is 0. The van der Waals surface area contributed by atoms with Crippen molar-refractivity contribution in [2.45, 2.75) is 0 Å². The number of pyridine rings is 1. The van der Waals surface area contributed by atoms with Crippen LogP contribution in [0.5, 0.6) is 0 Å². The number of nitrogens with one attached hydrogen (secondary N) is 1. The molecule has 0 unspecified atom stereocenters. The molecular formula is C11H20Cl2N4O. The maximum absolute atomic E-state index is 5.78. The molecule has 0 spiro atoms. The van der Waals surface area contributed by atoms with E-state index in [0.717, 1.165) is 45.1 Å². The summed E-state index contributed by atoms with van der Waals surface area (Å²) in [6.45, 7) is 5.65. The van der Waals surface area contributed by atoms with Crippen molar-refractivity contribution in [1.82, 2.24) is 9.88 Å². The lowest BCUT2D eigenvalue weighted by Crippen LogP contribution is -2.39. The Balaban J connectivity index is 0.00000144. The highest BCUT2D eigenvalue weighted by molar-refractivity contribution is 5.85. The van der Waals surface area contributed by atoms with Gasteiger partial charge in [0.25, 0.3) is 0 Å². The van der Waals surface area contributed by atoms with Crippen LogP contribution in [0.2, 0.25) is 0 Å². The van der Waals surface area contributed by atoms with Gasteiger partial charge in [-0.3, -0.25) is 9.88 Å². The van der Waals surface area contributed by atoms with Crippen molar-refractivity contribution >= 4 is 36.2 Å². The lowest BCUT2D eigenvalue weighted by molar-refractivity contribution is 0.0398. The summed E-state index contributed by atoms with van der Waals surface area (Å²) >= 11 is 0. The molecule has 1 aromatic heterocycles. The molecule has 1 aliphatic heterocycles. The normalized spacial score (nSPS) is 15.3. The number of anilines is 2. The van der Waals surface area contributed by atoms with E-state index in [9.17, 15) is 0 Å². The van der Waals surface area contributed by atoms with Crippen LogP contribution in [0.3, 0.4) is 0 Å². The Bertz CT molecular complexity index is 335. The summed E-state index contributed by atoms with van der Waals surface area (Å²) in [6, 6.07) is 1.90. The maximum atomic E-state index is 5.78. The van der Waals surface area contributed by atoms with E-state index >= 15 is 0 Å². The zero-order valence-corrected chi connectivity index (χ0v) is 11.8. The highest BCUT2D eigenvalue weighted by Crippen LogP contribution is 2.14. The first-order valence-electron chi connectivity index (χ1n) is 5.60. The minimum Gasteiger partial charge on any atom is -0.396 e. The Hall–Kier alpha value is -0.750. The molecule has 1 aliphatic rings. The molecular weight excluding hydrogens is 275 g/mol. The van der Waals surface area contributed by atoms with Gasteiger partial charge in [0.05, 0.1) is 30.8 Å². The fourth-order valence-electron chi connectivity index (χ4n) is 1.74. The number of nitrogens with zero attached hydrogens (tertiary/aromatic N) is 2. The predicted molar refractivity (Wildman–Crippen MR) is 78.9 cm³/mol. The Morgan fingerprint density at radius 1 is 1.33 bits per heavy atom. The van der Waals surface area contributed by atoms with Crippen LogP contribution in [0.1, 0.15) is 0 Å². The number of halogens is 2. The summed E-state index contributed by atoms with van der Waals surface area (Å²) < 4.78 is 5.29. The summed E-state index contributed by atoms with van der Waals surface area (Å²) in [4.78, 5) is 6.33. The molecule has 104 valence electrons. The molecule has 0 bridgehead atoms. The van der Waals surface area contributed by atoms with E-state index in [0.29, 0.717) is 5.69 Å². The van der Waals surface area contributed by atoms with Crippen LogP contribution < -0.4 is 11.1 Å². The van der Waals surface area contributed by atoms with E-state index in [1.54, 1.807) is 12.4 Å². The first kappa shape index (κ1) is 17.2. The second-order valence-corrected chi connectivity index (χ2v) is 3.84. The number of nitrogen functional groups attached to an aromatic ring is 1. The van der Waals surface area contributed by atoms with Crippen molar-refractivity contribution in [3.63, 3.8) is 0 Å². The van der Waals surface area contributed by atoms with E-state index in [-0.39, 0.29) is 24.8 Å². The van der Waals surface area contributed by atoms with Crippen molar-refractivity contribution in [2.24, 2.45) is 0 Å². The van der Waals surface area contributed by atoms with E-state index in [4.69, 9.17) is 10.5 Å². The Morgan fingerprint density at radius 3 is 2.72 bits per heavy atom. The number of hydrogen-bond donors (Lipinski definition) is 2. The van der Waals surface area contributed by atoms with Gasteiger partial charge in [-0.15, -0.1) is 24.8 Å². The molecule has 0 aromatic carbocycles. The summed E-state index contributed by atoms with van der Waals surface area (Å²) in [5.41, 5.74) is 7.44. The van der Waals surface area contributed by atoms with Crippen molar-refractivity contribution < 1.29 is 4.74 Å². The number of ether oxygens (including phenoxy) is 1. The van der Waals surface area contributed by atoms with Gasteiger partial charge in [-0.05, 0) is 6.07 Å². The number of morpholine rings is 1. The third-order valence-corrected chi connectivity index (χ3v) is 2.70. The van der Waals surface area contributed by atoms with Crippen LogP contribution in [0, 0.1) is 0 Å². The molecule has 0 radical (unpaired) electrons. The third-order valence-electron chi connectivity index (χ3n) is 2.70. The van der Waals surface area contributed by atoms with Crippen molar-refractivity contribution in [1.29, 1.82) is 0 Å². The van der Waals surface area contributed by atoms with E-state index in [1.165, 1.54) is 0 Å². The molecule has 3 N–H and O–H groups in total. The molecule has 7 heteroatoms. The molecule has 1 fully saturated rings. The first-order chi connectivity index (χ1) is 7.86.